The zero-order valence-corrected chi connectivity index (χ0v) is 10.8. The maximum Gasteiger partial charge on any atom is 0.222 e. The van der Waals surface area contributed by atoms with Crippen LogP contribution in [0.3, 0.4) is 0 Å². The molecular weight excluding hydrogens is 210 g/mol. The zero-order valence-electron chi connectivity index (χ0n) is 10.8. The van der Waals surface area contributed by atoms with Gasteiger partial charge in [-0.2, -0.15) is 0 Å². The minimum Gasteiger partial charge on any atom is -0.352 e. The Morgan fingerprint density at radius 2 is 1.94 bits per heavy atom. The third-order valence-corrected chi connectivity index (χ3v) is 3.40. The van der Waals surface area contributed by atoms with Crippen molar-refractivity contribution >= 4 is 5.91 Å². The van der Waals surface area contributed by atoms with Gasteiger partial charge in [-0.05, 0) is 42.4 Å². The molecular formula is C15H21NO. The van der Waals surface area contributed by atoms with Gasteiger partial charge in [0.15, 0.2) is 0 Å². The third-order valence-electron chi connectivity index (χ3n) is 3.40. The van der Waals surface area contributed by atoms with Gasteiger partial charge in [0, 0.05) is 12.5 Å². The van der Waals surface area contributed by atoms with Gasteiger partial charge in [0.2, 0.25) is 5.91 Å². The highest BCUT2D eigenvalue weighted by Gasteiger charge is 2.10. The highest BCUT2D eigenvalue weighted by molar-refractivity contribution is 5.77. The Kier molecular flexibility index (Phi) is 3.82. The second kappa shape index (κ2) is 5.35. The first-order valence-electron chi connectivity index (χ1n) is 6.55. The summed E-state index contributed by atoms with van der Waals surface area (Å²) in [4.78, 5) is 11.5. The molecule has 92 valence electrons. The van der Waals surface area contributed by atoms with Crippen LogP contribution in [0.25, 0.3) is 0 Å². The standard InChI is InChI=1S/C15H21NO/c1-11(2)15(17)16-10-12-7-8-13-5-3-4-6-14(13)9-12/h7-9,11H,3-6,10H2,1-2H3,(H,16,17). The second-order valence-corrected chi connectivity index (χ2v) is 5.18. The highest BCUT2D eigenvalue weighted by Crippen LogP contribution is 2.22. The molecule has 0 bridgehead atoms. The van der Waals surface area contributed by atoms with E-state index in [0.717, 1.165) is 0 Å². The van der Waals surface area contributed by atoms with Crippen LogP contribution in [0.4, 0.5) is 0 Å². The molecule has 2 rings (SSSR count). The number of rotatable bonds is 3. The molecule has 2 nitrogen and oxygen atoms in total. The van der Waals surface area contributed by atoms with E-state index in [0.29, 0.717) is 6.54 Å². The van der Waals surface area contributed by atoms with Crippen LogP contribution in [0, 0.1) is 5.92 Å². The molecule has 1 aliphatic rings. The molecule has 0 saturated carbocycles. The topological polar surface area (TPSA) is 29.1 Å². The summed E-state index contributed by atoms with van der Waals surface area (Å²) >= 11 is 0. The Morgan fingerprint density at radius 3 is 2.65 bits per heavy atom. The van der Waals surface area contributed by atoms with Crippen molar-refractivity contribution in [3.8, 4) is 0 Å². The molecule has 1 amide bonds. The van der Waals surface area contributed by atoms with Crippen LogP contribution in [0.1, 0.15) is 43.4 Å². The molecule has 0 aliphatic heterocycles. The molecule has 1 aromatic rings. The summed E-state index contributed by atoms with van der Waals surface area (Å²) in [7, 11) is 0. The Morgan fingerprint density at radius 1 is 1.24 bits per heavy atom. The first-order chi connectivity index (χ1) is 8.16. The van der Waals surface area contributed by atoms with Gasteiger partial charge in [-0.15, -0.1) is 0 Å². The van der Waals surface area contributed by atoms with Gasteiger partial charge < -0.3 is 5.32 Å². The number of aryl methyl sites for hydroxylation is 2. The lowest BCUT2D eigenvalue weighted by molar-refractivity contribution is -0.124. The maximum atomic E-state index is 11.5. The van der Waals surface area contributed by atoms with E-state index in [1.807, 2.05) is 13.8 Å². The molecule has 0 heterocycles. The van der Waals surface area contributed by atoms with E-state index in [1.54, 1.807) is 0 Å². The van der Waals surface area contributed by atoms with E-state index < -0.39 is 0 Å². The highest BCUT2D eigenvalue weighted by atomic mass is 16.1. The Balaban J connectivity index is 2.00. The van der Waals surface area contributed by atoms with Crippen LogP contribution in [0.15, 0.2) is 18.2 Å². The number of benzene rings is 1. The summed E-state index contributed by atoms with van der Waals surface area (Å²) in [6.07, 6.45) is 5.03. The number of amides is 1. The maximum absolute atomic E-state index is 11.5. The summed E-state index contributed by atoms with van der Waals surface area (Å²) < 4.78 is 0. The van der Waals surface area contributed by atoms with Crippen LogP contribution >= 0.6 is 0 Å². The van der Waals surface area contributed by atoms with Crippen molar-refractivity contribution in [3.63, 3.8) is 0 Å². The number of fused-ring (bicyclic) bond motifs is 1. The van der Waals surface area contributed by atoms with Crippen LogP contribution in [-0.4, -0.2) is 5.91 Å². The van der Waals surface area contributed by atoms with E-state index >= 15 is 0 Å². The van der Waals surface area contributed by atoms with Gasteiger partial charge in [-0.25, -0.2) is 0 Å². The molecule has 2 heteroatoms. The third kappa shape index (κ3) is 3.09. The fourth-order valence-electron chi connectivity index (χ4n) is 2.29. The average Bonchev–Trinajstić information content (AvgIpc) is 2.35. The molecule has 1 aliphatic carbocycles. The first kappa shape index (κ1) is 12.2. The van der Waals surface area contributed by atoms with E-state index in [9.17, 15) is 4.79 Å². The van der Waals surface area contributed by atoms with E-state index in [1.165, 1.54) is 42.4 Å². The molecule has 0 unspecified atom stereocenters. The normalized spacial score (nSPS) is 14.5. The van der Waals surface area contributed by atoms with Gasteiger partial charge in [0.25, 0.3) is 0 Å². The zero-order chi connectivity index (χ0) is 12.3. The van der Waals surface area contributed by atoms with Gasteiger partial charge in [-0.3, -0.25) is 4.79 Å². The molecule has 1 N–H and O–H groups in total. The van der Waals surface area contributed by atoms with Crippen molar-refractivity contribution in [1.82, 2.24) is 5.32 Å². The Bertz CT molecular complexity index is 409. The second-order valence-electron chi connectivity index (χ2n) is 5.18. The number of carbonyl (C=O) groups is 1. The largest absolute Gasteiger partial charge is 0.352 e. The van der Waals surface area contributed by atoms with Crippen molar-refractivity contribution in [3.05, 3.63) is 34.9 Å². The van der Waals surface area contributed by atoms with Gasteiger partial charge in [0.05, 0.1) is 0 Å². The predicted molar refractivity (Wildman–Crippen MR) is 69.8 cm³/mol. The summed E-state index contributed by atoms with van der Waals surface area (Å²) in [6, 6.07) is 6.63. The molecule has 0 spiro atoms. The fourth-order valence-corrected chi connectivity index (χ4v) is 2.29. The molecule has 0 atom stereocenters. The van der Waals surface area contributed by atoms with Crippen molar-refractivity contribution < 1.29 is 4.79 Å². The van der Waals surface area contributed by atoms with Crippen LogP contribution < -0.4 is 5.32 Å². The number of carbonyl (C=O) groups excluding carboxylic acids is 1. The number of hydrogen-bond acceptors (Lipinski definition) is 1. The van der Waals surface area contributed by atoms with Crippen LogP contribution in [0.5, 0.6) is 0 Å². The van der Waals surface area contributed by atoms with E-state index in [-0.39, 0.29) is 11.8 Å². The molecule has 0 radical (unpaired) electrons. The smallest absolute Gasteiger partial charge is 0.222 e. The molecule has 1 aromatic carbocycles. The first-order valence-corrected chi connectivity index (χ1v) is 6.55. The van der Waals surface area contributed by atoms with E-state index in [2.05, 4.69) is 23.5 Å². The SMILES string of the molecule is CC(C)C(=O)NCc1ccc2c(c1)CCCC2. The van der Waals surface area contributed by atoms with Crippen molar-refractivity contribution in [1.29, 1.82) is 0 Å². The summed E-state index contributed by atoms with van der Waals surface area (Å²) in [5.74, 6) is 0.190. The minimum atomic E-state index is 0.0626. The quantitative estimate of drug-likeness (QED) is 0.851. The number of nitrogens with one attached hydrogen (secondary N) is 1. The van der Waals surface area contributed by atoms with E-state index in [4.69, 9.17) is 0 Å². The average molecular weight is 231 g/mol. The minimum absolute atomic E-state index is 0.0626. The summed E-state index contributed by atoms with van der Waals surface area (Å²) in [6.45, 7) is 4.49. The van der Waals surface area contributed by atoms with Crippen LogP contribution in [-0.2, 0) is 24.2 Å². The van der Waals surface area contributed by atoms with Gasteiger partial charge >= 0.3 is 0 Å². The number of hydrogen-bond donors (Lipinski definition) is 1. The molecule has 0 fully saturated rings. The van der Waals surface area contributed by atoms with Gasteiger partial charge in [-0.1, -0.05) is 32.0 Å². The van der Waals surface area contributed by atoms with Crippen molar-refractivity contribution in [2.45, 2.75) is 46.1 Å². The van der Waals surface area contributed by atoms with Crippen molar-refractivity contribution in [2.75, 3.05) is 0 Å². The molecule has 0 aromatic heterocycles. The monoisotopic (exact) mass is 231 g/mol. The Labute approximate surface area is 103 Å². The molecule has 17 heavy (non-hydrogen) atoms. The Hall–Kier alpha value is -1.31. The lowest BCUT2D eigenvalue weighted by Gasteiger charge is -2.17. The van der Waals surface area contributed by atoms with Crippen LogP contribution in [0.2, 0.25) is 0 Å². The lowest BCUT2D eigenvalue weighted by Crippen LogP contribution is -2.27. The predicted octanol–water partition coefficient (Wildman–Crippen LogP) is 2.84. The van der Waals surface area contributed by atoms with Crippen molar-refractivity contribution in [2.24, 2.45) is 5.92 Å². The summed E-state index contributed by atoms with van der Waals surface area (Å²) in [5, 5.41) is 2.97. The summed E-state index contributed by atoms with van der Waals surface area (Å²) in [5.41, 5.74) is 4.20. The van der Waals surface area contributed by atoms with Gasteiger partial charge in [0.1, 0.15) is 0 Å². The molecule has 0 saturated heterocycles. The lowest BCUT2D eigenvalue weighted by atomic mass is 9.90. The fraction of sp³-hybridized carbons (Fsp3) is 0.533.